The first-order chi connectivity index (χ1) is 15.1. The smallest absolute Gasteiger partial charge is 0.414 e. The van der Waals surface area contributed by atoms with E-state index in [1.165, 1.54) is 23.2 Å². The van der Waals surface area contributed by atoms with E-state index in [1.54, 1.807) is 32.9 Å². The number of aromatic nitrogens is 1. The number of carbonyl (C=O) groups excluding carboxylic acids is 2. The van der Waals surface area contributed by atoms with Crippen molar-refractivity contribution >= 4 is 35.1 Å². The number of nitrogens with zero attached hydrogens (tertiary/aromatic N) is 2. The lowest BCUT2D eigenvalue weighted by Crippen LogP contribution is -2.43. The Kier molecular flexibility index (Phi) is 7.69. The van der Waals surface area contributed by atoms with Gasteiger partial charge in [-0.1, -0.05) is 11.6 Å². The van der Waals surface area contributed by atoms with Gasteiger partial charge in [0, 0.05) is 12.7 Å². The zero-order chi connectivity index (χ0) is 23.3. The minimum atomic E-state index is -0.723. The van der Waals surface area contributed by atoms with Crippen LogP contribution in [0.15, 0.2) is 36.5 Å². The van der Waals surface area contributed by atoms with Gasteiger partial charge < -0.3 is 15.4 Å². The molecule has 0 aliphatic carbocycles. The summed E-state index contributed by atoms with van der Waals surface area (Å²) in [7, 11) is 0. The van der Waals surface area contributed by atoms with Crippen LogP contribution in [-0.4, -0.2) is 42.2 Å². The molecule has 2 aromatic rings. The Balaban J connectivity index is 1.94. The number of hydrogen-bond donors (Lipinski definition) is 2. The molecule has 2 N–H and O–H groups in total. The van der Waals surface area contributed by atoms with Gasteiger partial charge in [0.15, 0.2) is 0 Å². The van der Waals surface area contributed by atoms with E-state index in [9.17, 15) is 14.0 Å². The number of nitrogens with one attached hydrogen (secondary N) is 2. The average Bonchev–Trinajstić information content (AvgIpc) is 2.73. The maximum atomic E-state index is 14.1. The first kappa shape index (κ1) is 23.9. The molecule has 172 valence electrons. The zero-order valence-electron chi connectivity index (χ0n) is 18.5. The van der Waals surface area contributed by atoms with Crippen molar-refractivity contribution < 1.29 is 18.7 Å². The highest BCUT2D eigenvalue weighted by atomic mass is 35.5. The van der Waals surface area contributed by atoms with Gasteiger partial charge in [-0.15, -0.1) is 0 Å². The Hall–Kier alpha value is -2.71. The highest BCUT2D eigenvalue weighted by molar-refractivity contribution is 6.30. The molecule has 0 atom stereocenters. The number of hydrogen-bond acceptors (Lipinski definition) is 5. The number of piperidine rings is 1. The molecule has 1 aliphatic heterocycles. The number of carbonyl (C=O) groups is 2. The van der Waals surface area contributed by atoms with Crippen LogP contribution in [0.3, 0.4) is 0 Å². The average molecular weight is 463 g/mol. The van der Waals surface area contributed by atoms with Crippen LogP contribution in [0, 0.1) is 11.7 Å². The number of rotatable bonds is 5. The molecule has 1 aromatic carbocycles. The van der Waals surface area contributed by atoms with Crippen molar-refractivity contribution in [1.82, 2.24) is 10.3 Å². The van der Waals surface area contributed by atoms with E-state index in [2.05, 4.69) is 15.6 Å². The summed E-state index contributed by atoms with van der Waals surface area (Å²) in [6.45, 7) is 7.40. The summed E-state index contributed by atoms with van der Waals surface area (Å²) >= 11 is 5.85. The van der Waals surface area contributed by atoms with E-state index in [4.69, 9.17) is 16.3 Å². The Morgan fingerprint density at radius 2 is 1.97 bits per heavy atom. The molecule has 0 bridgehead atoms. The van der Waals surface area contributed by atoms with Crippen molar-refractivity contribution in [3.05, 3.63) is 52.9 Å². The topological polar surface area (TPSA) is 83.6 Å². The molecule has 3 rings (SSSR count). The number of pyridine rings is 1. The monoisotopic (exact) mass is 462 g/mol. The van der Waals surface area contributed by atoms with Crippen molar-refractivity contribution in [2.45, 2.75) is 39.2 Å². The van der Waals surface area contributed by atoms with Crippen LogP contribution in [0.4, 0.5) is 20.7 Å². The van der Waals surface area contributed by atoms with Gasteiger partial charge in [-0.3, -0.25) is 9.69 Å². The van der Waals surface area contributed by atoms with Crippen LogP contribution in [0.25, 0.3) is 0 Å². The number of ether oxygens (including phenoxy) is 1. The van der Waals surface area contributed by atoms with E-state index in [1.807, 2.05) is 0 Å². The van der Waals surface area contributed by atoms with Crippen molar-refractivity contribution in [3.8, 4) is 0 Å². The molecule has 2 amide bonds. The van der Waals surface area contributed by atoms with E-state index in [0.717, 1.165) is 32.0 Å². The fraction of sp³-hybridized carbons (Fsp3) is 0.435. The van der Waals surface area contributed by atoms with Crippen LogP contribution < -0.4 is 15.5 Å². The largest absolute Gasteiger partial charge is 0.443 e. The Morgan fingerprint density at radius 1 is 1.25 bits per heavy atom. The van der Waals surface area contributed by atoms with Crippen molar-refractivity contribution in [2.75, 3.05) is 29.9 Å². The van der Waals surface area contributed by atoms with Crippen molar-refractivity contribution in [3.63, 3.8) is 0 Å². The van der Waals surface area contributed by atoms with Gasteiger partial charge in [-0.05, 0) is 83.0 Å². The Morgan fingerprint density at radius 3 is 2.59 bits per heavy atom. The predicted molar refractivity (Wildman–Crippen MR) is 123 cm³/mol. The third-order valence-corrected chi connectivity index (χ3v) is 5.20. The molecule has 0 radical (unpaired) electrons. The number of halogens is 2. The summed E-state index contributed by atoms with van der Waals surface area (Å²) in [6, 6.07) is 6.90. The third-order valence-electron chi connectivity index (χ3n) is 4.98. The second-order valence-electron chi connectivity index (χ2n) is 8.76. The first-order valence-corrected chi connectivity index (χ1v) is 10.9. The predicted octanol–water partition coefficient (Wildman–Crippen LogP) is 4.87. The summed E-state index contributed by atoms with van der Waals surface area (Å²) < 4.78 is 19.7. The normalized spacial score (nSPS) is 14.7. The maximum absolute atomic E-state index is 14.1. The lowest BCUT2D eigenvalue weighted by molar-refractivity contribution is 0.0572. The lowest BCUT2D eigenvalue weighted by atomic mass is 9.97. The highest BCUT2D eigenvalue weighted by Gasteiger charge is 2.30. The second-order valence-corrected chi connectivity index (χ2v) is 9.20. The molecule has 0 saturated carbocycles. The number of anilines is 2. The molecule has 1 aliphatic rings. The molecule has 9 heteroatoms. The van der Waals surface area contributed by atoms with Crippen LogP contribution in [0.2, 0.25) is 5.02 Å². The highest BCUT2D eigenvalue weighted by Crippen LogP contribution is 2.28. The van der Waals surface area contributed by atoms with Gasteiger partial charge in [0.1, 0.15) is 17.2 Å². The number of amides is 2. The zero-order valence-corrected chi connectivity index (χ0v) is 19.2. The summed E-state index contributed by atoms with van der Waals surface area (Å²) in [6.07, 6.45) is 2.59. The molecule has 0 unspecified atom stereocenters. The van der Waals surface area contributed by atoms with Crippen molar-refractivity contribution in [1.29, 1.82) is 0 Å². The fourth-order valence-corrected chi connectivity index (χ4v) is 3.58. The Labute approximate surface area is 192 Å². The summed E-state index contributed by atoms with van der Waals surface area (Å²) in [5, 5.41) is 6.36. The van der Waals surface area contributed by atoms with E-state index < -0.39 is 23.4 Å². The SMILES string of the molecule is CC(C)(C)OC(=O)N(CC1CCNCC1)c1ccc(F)cc1C(=O)Nc1ccc(Cl)cn1. The van der Waals surface area contributed by atoms with Crippen LogP contribution in [-0.2, 0) is 4.74 Å². The van der Waals surface area contributed by atoms with Gasteiger partial charge in [-0.2, -0.15) is 0 Å². The molecular weight excluding hydrogens is 435 g/mol. The van der Waals surface area contributed by atoms with E-state index >= 15 is 0 Å². The van der Waals surface area contributed by atoms with Gasteiger partial charge in [-0.25, -0.2) is 14.2 Å². The van der Waals surface area contributed by atoms with Crippen molar-refractivity contribution in [2.24, 2.45) is 5.92 Å². The van der Waals surface area contributed by atoms with Crippen LogP contribution >= 0.6 is 11.6 Å². The summed E-state index contributed by atoms with van der Waals surface area (Å²) in [5.74, 6) is -0.693. The molecule has 2 heterocycles. The minimum absolute atomic E-state index is 0.0153. The summed E-state index contributed by atoms with van der Waals surface area (Å²) in [5.41, 5.74) is -0.425. The molecule has 1 fully saturated rings. The molecule has 32 heavy (non-hydrogen) atoms. The van der Waals surface area contributed by atoms with Gasteiger partial charge in [0.2, 0.25) is 0 Å². The fourth-order valence-electron chi connectivity index (χ4n) is 3.47. The maximum Gasteiger partial charge on any atom is 0.414 e. The Bertz CT molecular complexity index is 957. The van der Waals surface area contributed by atoms with Gasteiger partial charge in [0.25, 0.3) is 5.91 Å². The minimum Gasteiger partial charge on any atom is -0.443 e. The van der Waals surface area contributed by atoms with Crippen LogP contribution in [0.1, 0.15) is 44.0 Å². The van der Waals surface area contributed by atoms with Gasteiger partial charge >= 0.3 is 6.09 Å². The molecular formula is C23H28ClFN4O3. The molecule has 7 nitrogen and oxygen atoms in total. The number of benzene rings is 1. The quantitative estimate of drug-likeness (QED) is 0.662. The standard InChI is InChI=1S/C23H28ClFN4O3/c1-23(2,3)32-22(31)29(14-15-8-10-26-11-9-15)19-6-5-17(25)12-18(19)21(30)28-20-7-4-16(24)13-27-20/h4-7,12-13,15,26H,8-11,14H2,1-3H3,(H,27,28,30). The van der Waals surface area contributed by atoms with E-state index in [-0.39, 0.29) is 23.0 Å². The molecule has 0 spiro atoms. The molecule has 1 saturated heterocycles. The lowest BCUT2D eigenvalue weighted by Gasteiger charge is -2.32. The van der Waals surface area contributed by atoms with Crippen LogP contribution in [0.5, 0.6) is 0 Å². The first-order valence-electron chi connectivity index (χ1n) is 10.6. The van der Waals surface area contributed by atoms with E-state index in [0.29, 0.717) is 11.6 Å². The summed E-state index contributed by atoms with van der Waals surface area (Å²) in [4.78, 5) is 31.6. The second kappa shape index (κ2) is 10.3. The molecule has 1 aromatic heterocycles. The third kappa shape index (κ3) is 6.64. The van der Waals surface area contributed by atoms with Gasteiger partial charge in [0.05, 0.1) is 16.3 Å².